The van der Waals surface area contributed by atoms with Gasteiger partial charge in [0.2, 0.25) is 0 Å². The van der Waals surface area contributed by atoms with Gasteiger partial charge in [0.25, 0.3) is 0 Å². The molecule has 0 amide bonds. The van der Waals surface area contributed by atoms with Gasteiger partial charge in [-0.1, -0.05) is 121 Å². The second-order valence-corrected chi connectivity index (χ2v) is 15.7. The fourth-order valence-corrected chi connectivity index (χ4v) is 9.75. The number of imidazole rings is 1. The molecule has 0 aliphatic heterocycles. The fourth-order valence-electron chi connectivity index (χ4n) is 8.59. The molecule has 0 radical (unpaired) electrons. The quantitative estimate of drug-likeness (QED) is 0.169. The number of thiophene rings is 1. The van der Waals surface area contributed by atoms with Crippen LogP contribution in [0, 0.1) is 0 Å². The van der Waals surface area contributed by atoms with E-state index in [0.717, 1.165) is 82.4 Å². The zero-order valence-corrected chi connectivity index (χ0v) is 32.4. The molecule has 12 rings (SSSR count). The summed E-state index contributed by atoms with van der Waals surface area (Å²) >= 11 is 1.78. The first-order valence-electron chi connectivity index (χ1n) is 19.7. The van der Waals surface area contributed by atoms with E-state index >= 15 is 0 Å². The number of nitrogens with zero attached hydrogens (tertiary/aromatic N) is 6. The van der Waals surface area contributed by atoms with Crippen LogP contribution >= 0.6 is 11.3 Å². The molecule has 0 aliphatic rings. The Labute approximate surface area is 343 Å². The van der Waals surface area contributed by atoms with E-state index in [9.17, 15) is 0 Å². The lowest BCUT2D eigenvalue weighted by atomic mass is 10.0. The predicted molar refractivity (Wildman–Crippen MR) is 243 cm³/mol. The molecule has 0 saturated heterocycles. The van der Waals surface area contributed by atoms with Crippen molar-refractivity contribution in [2.45, 2.75) is 0 Å². The minimum atomic E-state index is 0.620. The number of benzene rings is 8. The van der Waals surface area contributed by atoms with Crippen molar-refractivity contribution in [2.75, 3.05) is 0 Å². The molecule has 8 aromatic carbocycles. The van der Waals surface area contributed by atoms with Crippen LogP contribution in [-0.4, -0.2) is 29.1 Å². The molecule has 4 aromatic heterocycles. The molecule has 6 nitrogen and oxygen atoms in total. The molecule has 0 bridgehead atoms. The normalized spacial score (nSPS) is 11.7. The van der Waals surface area contributed by atoms with Gasteiger partial charge in [-0.2, -0.15) is 0 Å². The number of aromatic nitrogens is 6. The van der Waals surface area contributed by atoms with Gasteiger partial charge >= 0.3 is 0 Å². The summed E-state index contributed by atoms with van der Waals surface area (Å²) in [5, 5.41) is 4.55. The summed E-state index contributed by atoms with van der Waals surface area (Å²) in [5.74, 6) is 2.76. The first-order valence-corrected chi connectivity index (χ1v) is 20.5. The van der Waals surface area contributed by atoms with Gasteiger partial charge in [-0.05, 0) is 72.8 Å². The molecule has 7 heteroatoms. The van der Waals surface area contributed by atoms with Crippen LogP contribution in [0.5, 0.6) is 0 Å². The van der Waals surface area contributed by atoms with E-state index in [1.54, 1.807) is 11.3 Å². The highest BCUT2D eigenvalue weighted by Gasteiger charge is 2.23. The number of hydrogen-bond donors (Lipinski definition) is 0. The van der Waals surface area contributed by atoms with Gasteiger partial charge in [-0.3, -0.25) is 4.57 Å². The monoisotopic (exact) mass is 772 g/mol. The third kappa shape index (κ3) is 5.40. The molecule has 59 heavy (non-hydrogen) atoms. The molecule has 276 valence electrons. The number of rotatable bonds is 6. The highest BCUT2D eigenvalue weighted by Crippen LogP contribution is 2.45. The topological polar surface area (TPSA) is 61.4 Å². The van der Waals surface area contributed by atoms with Crippen LogP contribution in [0.1, 0.15) is 0 Å². The Morgan fingerprint density at radius 1 is 0.356 bits per heavy atom. The van der Waals surface area contributed by atoms with E-state index < -0.39 is 0 Å². The summed E-state index contributed by atoms with van der Waals surface area (Å²) in [4.78, 5) is 21.1. The van der Waals surface area contributed by atoms with E-state index in [1.807, 2.05) is 18.2 Å². The van der Waals surface area contributed by atoms with Gasteiger partial charge < -0.3 is 4.57 Å². The third-order valence-corrected chi connectivity index (χ3v) is 12.3. The Balaban J connectivity index is 1.11. The summed E-state index contributed by atoms with van der Waals surface area (Å²) in [6.45, 7) is 0. The van der Waals surface area contributed by atoms with E-state index in [1.165, 1.54) is 10.1 Å². The standard InChI is InChI=1S/C52H32N6S/c1-4-16-33(17-5-1)49-54-50(34-30-31-43-40(32-34)37-22-10-12-26-42(37)57(43)35-18-6-2-7-19-35)56-51(55-49)38-23-14-28-45-47(38)48-39(24-15-29-46(48)59-45)52-53-41-25-11-13-27-44(41)58(52)36-20-8-3-9-21-36/h1-32H. The zero-order valence-electron chi connectivity index (χ0n) is 31.6. The lowest BCUT2D eigenvalue weighted by Crippen LogP contribution is -2.01. The van der Waals surface area contributed by atoms with E-state index in [2.05, 4.69) is 185 Å². The molecule has 0 atom stereocenters. The highest BCUT2D eigenvalue weighted by atomic mass is 32.1. The van der Waals surface area contributed by atoms with Gasteiger partial charge in [0.1, 0.15) is 5.82 Å². The first-order chi connectivity index (χ1) is 29.3. The summed E-state index contributed by atoms with van der Waals surface area (Å²) < 4.78 is 6.94. The minimum Gasteiger partial charge on any atom is -0.309 e. The fraction of sp³-hybridized carbons (Fsp3) is 0. The first kappa shape index (κ1) is 33.4. The maximum absolute atomic E-state index is 5.34. The van der Waals surface area contributed by atoms with Gasteiger partial charge in [0.15, 0.2) is 17.5 Å². The van der Waals surface area contributed by atoms with Crippen molar-refractivity contribution in [2.24, 2.45) is 0 Å². The Hall–Kier alpha value is -7.74. The lowest BCUT2D eigenvalue weighted by molar-refractivity contribution is 1.08. The van der Waals surface area contributed by atoms with Crippen LogP contribution in [0.4, 0.5) is 0 Å². The average Bonchev–Trinajstić information content (AvgIpc) is 3.99. The van der Waals surface area contributed by atoms with E-state index in [4.69, 9.17) is 19.9 Å². The number of hydrogen-bond acceptors (Lipinski definition) is 5. The van der Waals surface area contributed by atoms with Gasteiger partial charge in [-0.15, -0.1) is 11.3 Å². The van der Waals surface area contributed by atoms with Crippen LogP contribution < -0.4 is 0 Å². The molecule has 12 aromatic rings. The lowest BCUT2D eigenvalue weighted by Gasteiger charge is -2.12. The second kappa shape index (κ2) is 13.4. The van der Waals surface area contributed by atoms with Gasteiger partial charge in [0.05, 0.1) is 22.1 Å². The van der Waals surface area contributed by atoms with Crippen molar-refractivity contribution in [1.82, 2.24) is 29.1 Å². The molecule has 0 spiro atoms. The smallest absolute Gasteiger partial charge is 0.164 e. The molecule has 0 unspecified atom stereocenters. The van der Waals surface area contributed by atoms with Crippen molar-refractivity contribution < 1.29 is 0 Å². The molecule has 0 N–H and O–H groups in total. The van der Waals surface area contributed by atoms with Crippen LogP contribution in [0.2, 0.25) is 0 Å². The summed E-state index contributed by atoms with van der Waals surface area (Å²) in [5.41, 5.74) is 10.3. The molecule has 0 aliphatic carbocycles. The molecule has 0 fully saturated rings. The summed E-state index contributed by atoms with van der Waals surface area (Å²) in [6.07, 6.45) is 0. The van der Waals surface area contributed by atoms with Gasteiger partial charge in [-0.25, -0.2) is 19.9 Å². The van der Waals surface area contributed by atoms with Crippen molar-refractivity contribution in [3.8, 4) is 56.9 Å². The van der Waals surface area contributed by atoms with Crippen molar-refractivity contribution in [1.29, 1.82) is 0 Å². The zero-order chi connectivity index (χ0) is 38.9. The Morgan fingerprint density at radius 3 is 1.66 bits per heavy atom. The molecule has 0 saturated carbocycles. The third-order valence-electron chi connectivity index (χ3n) is 11.2. The SMILES string of the molecule is c1ccc(-c2nc(-c3ccc4c(c3)c3ccccc3n4-c3ccccc3)nc(-c3cccc4sc5cccc(-c6nc7ccccc7n6-c6ccccc6)c5c34)n2)cc1. The van der Waals surface area contributed by atoms with E-state index in [0.29, 0.717) is 17.5 Å². The maximum atomic E-state index is 5.34. The minimum absolute atomic E-state index is 0.620. The van der Waals surface area contributed by atoms with Crippen molar-refractivity contribution in [3.05, 3.63) is 194 Å². The number of para-hydroxylation sites is 5. The van der Waals surface area contributed by atoms with Gasteiger partial charge in [0, 0.05) is 64.6 Å². The van der Waals surface area contributed by atoms with Crippen molar-refractivity contribution in [3.63, 3.8) is 0 Å². The molecular weight excluding hydrogens is 741 g/mol. The average molecular weight is 773 g/mol. The van der Waals surface area contributed by atoms with Crippen LogP contribution in [0.15, 0.2) is 194 Å². The summed E-state index contributed by atoms with van der Waals surface area (Å²) in [7, 11) is 0. The Bertz CT molecular complexity index is 3550. The highest BCUT2D eigenvalue weighted by molar-refractivity contribution is 7.26. The Kier molecular flexibility index (Phi) is 7.61. The molecular formula is C52H32N6S. The van der Waals surface area contributed by atoms with Crippen LogP contribution in [0.25, 0.3) is 110 Å². The maximum Gasteiger partial charge on any atom is 0.164 e. The molecule has 4 heterocycles. The predicted octanol–water partition coefficient (Wildman–Crippen LogP) is 13.3. The van der Waals surface area contributed by atoms with Crippen LogP contribution in [0.3, 0.4) is 0 Å². The largest absolute Gasteiger partial charge is 0.309 e. The Morgan fingerprint density at radius 2 is 0.915 bits per heavy atom. The van der Waals surface area contributed by atoms with Crippen LogP contribution in [-0.2, 0) is 0 Å². The second-order valence-electron chi connectivity index (χ2n) is 14.6. The van der Waals surface area contributed by atoms with Crippen molar-refractivity contribution >= 4 is 64.3 Å². The summed E-state index contributed by atoms with van der Waals surface area (Å²) in [6, 6.07) is 67.7. The van der Waals surface area contributed by atoms with E-state index in [-0.39, 0.29) is 0 Å². The number of fused-ring (bicyclic) bond motifs is 7.